The minimum absolute atomic E-state index is 0.193. The van der Waals surface area contributed by atoms with E-state index in [4.69, 9.17) is 9.84 Å². The second kappa shape index (κ2) is 6.75. The Morgan fingerprint density at radius 3 is 2.64 bits per heavy atom. The minimum atomic E-state index is -1.01. The number of carboxylic acids is 1. The number of nitrogens with zero attached hydrogens (tertiary/aromatic N) is 2. The molecular weight excluding hydrogens is 286 g/mol. The number of hydrogen-bond acceptors (Lipinski definition) is 4. The van der Waals surface area contributed by atoms with Gasteiger partial charge in [0.15, 0.2) is 0 Å². The van der Waals surface area contributed by atoms with E-state index in [1.165, 1.54) is 17.1 Å². The molecule has 0 spiro atoms. The van der Waals surface area contributed by atoms with Gasteiger partial charge in [0.1, 0.15) is 12.3 Å². The van der Waals surface area contributed by atoms with Crippen molar-refractivity contribution in [3.63, 3.8) is 0 Å². The fourth-order valence-corrected chi connectivity index (χ4v) is 1.96. The van der Waals surface area contributed by atoms with Gasteiger partial charge in [-0.15, -0.1) is 0 Å². The van der Waals surface area contributed by atoms with Crippen LogP contribution in [0.2, 0.25) is 0 Å². The summed E-state index contributed by atoms with van der Waals surface area (Å²) in [7, 11) is 1.59. The zero-order valence-electron chi connectivity index (χ0n) is 12.3. The predicted octanol–water partition coefficient (Wildman–Crippen LogP) is 1.47. The number of amides is 1. The molecule has 1 amide bonds. The normalized spacial score (nSPS) is 11.7. The lowest BCUT2D eigenvalue weighted by molar-refractivity contribution is -0.137. The van der Waals surface area contributed by atoms with Crippen LogP contribution in [0, 0.1) is 0 Å². The molecule has 2 N–H and O–H groups in total. The van der Waals surface area contributed by atoms with Crippen molar-refractivity contribution >= 4 is 11.9 Å². The van der Waals surface area contributed by atoms with E-state index in [1.54, 1.807) is 7.11 Å². The largest absolute Gasteiger partial charge is 0.497 e. The third-order valence-corrected chi connectivity index (χ3v) is 3.16. The first-order valence-corrected chi connectivity index (χ1v) is 6.68. The van der Waals surface area contributed by atoms with Gasteiger partial charge >= 0.3 is 5.97 Å². The summed E-state index contributed by atoms with van der Waals surface area (Å²) in [4.78, 5) is 22.7. The Hall–Kier alpha value is -2.83. The molecule has 0 aliphatic heterocycles. The first-order valence-electron chi connectivity index (χ1n) is 6.68. The van der Waals surface area contributed by atoms with E-state index < -0.39 is 5.97 Å². The van der Waals surface area contributed by atoms with Gasteiger partial charge in [-0.3, -0.25) is 14.3 Å². The number of ether oxygens (including phenoxy) is 1. The van der Waals surface area contributed by atoms with E-state index >= 15 is 0 Å². The van der Waals surface area contributed by atoms with Crippen molar-refractivity contribution in [1.29, 1.82) is 0 Å². The van der Waals surface area contributed by atoms with E-state index in [2.05, 4.69) is 10.4 Å². The van der Waals surface area contributed by atoms with Crippen molar-refractivity contribution in [2.24, 2.45) is 0 Å². The highest BCUT2D eigenvalue weighted by Crippen LogP contribution is 2.17. The lowest BCUT2D eigenvalue weighted by Gasteiger charge is -2.14. The van der Waals surface area contributed by atoms with Crippen molar-refractivity contribution in [2.75, 3.05) is 7.11 Å². The van der Waals surface area contributed by atoms with Gasteiger partial charge in [0.2, 0.25) is 0 Å². The summed E-state index contributed by atoms with van der Waals surface area (Å²) in [6.45, 7) is 1.59. The Morgan fingerprint density at radius 2 is 2.05 bits per heavy atom. The summed E-state index contributed by atoms with van der Waals surface area (Å²) in [6.07, 6.45) is 2.75. The Bertz CT molecular complexity index is 664. The number of hydrogen-bond donors (Lipinski definition) is 2. The topological polar surface area (TPSA) is 93.5 Å². The average Bonchev–Trinajstić information content (AvgIpc) is 2.95. The standard InChI is InChI=1S/C15H17N3O4/c1-10(11-3-5-13(22-2)6-4-11)17-15(21)12-7-16-18(8-12)9-14(19)20/h3-8,10H,9H2,1-2H3,(H,17,21)(H,19,20). The highest BCUT2D eigenvalue weighted by molar-refractivity contribution is 5.94. The van der Waals surface area contributed by atoms with Crippen molar-refractivity contribution in [1.82, 2.24) is 15.1 Å². The lowest BCUT2D eigenvalue weighted by Crippen LogP contribution is -2.26. The second-order valence-electron chi connectivity index (χ2n) is 4.79. The number of carbonyl (C=O) groups is 2. The van der Waals surface area contributed by atoms with Gasteiger partial charge < -0.3 is 15.2 Å². The van der Waals surface area contributed by atoms with E-state index in [0.717, 1.165) is 11.3 Å². The van der Waals surface area contributed by atoms with Gasteiger partial charge in [-0.05, 0) is 24.6 Å². The second-order valence-corrected chi connectivity index (χ2v) is 4.79. The quantitative estimate of drug-likeness (QED) is 0.843. The first kappa shape index (κ1) is 15.6. The summed E-state index contributed by atoms with van der Waals surface area (Å²) >= 11 is 0. The molecule has 0 radical (unpaired) electrons. The number of carbonyl (C=O) groups excluding carboxylic acids is 1. The van der Waals surface area contributed by atoms with Gasteiger partial charge in [-0.25, -0.2) is 0 Å². The predicted molar refractivity (Wildman–Crippen MR) is 78.7 cm³/mol. The lowest BCUT2D eigenvalue weighted by atomic mass is 10.1. The molecule has 7 nitrogen and oxygen atoms in total. The highest BCUT2D eigenvalue weighted by atomic mass is 16.5. The van der Waals surface area contributed by atoms with Gasteiger partial charge in [0, 0.05) is 6.20 Å². The molecule has 22 heavy (non-hydrogen) atoms. The number of rotatable bonds is 6. The molecule has 0 saturated heterocycles. The summed E-state index contributed by atoms with van der Waals surface area (Å²) in [5.41, 5.74) is 1.26. The number of aliphatic carboxylic acids is 1. The number of aromatic nitrogens is 2. The summed E-state index contributed by atoms with van der Waals surface area (Å²) in [6, 6.07) is 7.20. The maximum atomic E-state index is 12.1. The van der Waals surface area contributed by atoms with Crippen LogP contribution in [0.3, 0.4) is 0 Å². The fourth-order valence-electron chi connectivity index (χ4n) is 1.96. The van der Waals surface area contributed by atoms with Crippen LogP contribution in [0.4, 0.5) is 0 Å². The number of benzene rings is 1. The first-order chi connectivity index (χ1) is 10.5. The SMILES string of the molecule is COc1ccc(C(C)NC(=O)c2cnn(CC(=O)O)c2)cc1. The molecule has 1 heterocycles. The third-order valence-electron chi connectivity index (χ3n) is 3.16. The van der Waals surface area contributed by atoms with Crippen LogP contribution in [-0.2, 0) is 11.3 Å². The van der Waals surface area contributed by atoms with Crippen molar-refractivity contribution < 1.29 is 19.4 Å². The number of methoxy groups -OCH3 is 1. The average molecular weight is 303 g/mol. The van der Waals surface area contributed by atoms with Crippen LogP contribution in [0.1, 0.15) is 28.9 Å². The minimum Gasteiger partial charge on any atom is -0.497 e. The van der Waals surface area contributed by atoms with E-state index in [9.17, 15) is 9.59 Å². The van der Waals surface area contributed by atoms with Crippen LogP contribution in [0.5, 0.6) is 5.75 Å². The van der Waals surface area contributed by atoms with Gasteiger partial charge in [-0.2, -0.15) is 5.10 Å². The van der Waals surface area contributed by atoms with E-state index in [0.29, 0.717) is 5.56 Å². The van der Waals surface area contributed by atoms with Gasteiger partial charge in [-0.1, -0.05) is 12.1 Å². The molecule has 1 aromatic heterocycles. The highest BCUT2D eigenvalue weighted by Gasteiger charge is 2.14. The molecule has 0 aliphatic carbocycles. The molecule has 0 aliphatic rings. The molecule has 0 bridgehead atoms. The molecule has 2 aromatic rings. The number of carboxylic acid groups (broad SMARTS) is 1. The molecule has 2 rings (SSSR count). The van der Waals surface area contributed by atoms with Crippen LogP contribution in [-0.4, -0.2) is 33.9 Å². The third kappa shape index (κ3) is 3.85. The summed E-state index contributed by atoms with van der Waals surface area (Å²) in [5.74, 6) is -0.571. The number of nitrogens with one attached hydrogen (secondary N) is 1. The zero-order valence-corrected chi connectivity index (χ0v) is 12.3. The smallest absolute Gasteiger partial charge is 0.325 e. The van der Waals surface area contributed by atoms with Crippen LogP contribution in [0.15, 0.2) is 36.7 Å². The summed E-state index contributed by atoms with van der Waals surface area (Å²) in [5, 5.41) is 15.4. The Morgan fingerprint density at radius 1 is 1.36 bits per heavy atom. The van der Waals surface area contributed by atoms with Crippen molar-refractivity contribution in [3.05, 3.63) is 47.8 Å². The Kier molecular flexibility index (Phi) is 4.77. The molecule has 116 valence electrons. The van der Waals surface area contributed by atoms with Crippen LogP contribution in [0.25, 0.3) is 0 Å². The van der Waals surface area contributed by atoms with Crippen LogP contribution >= 0.6 is 0 Å². The molecule has 7 heteroatoms. The maximum absolute atomic E-state index is 12.1. The summed E-state index contributed by atoms with van der Waals surface area (Å²) < 4.78 is 6.29. The zero-order chi connectivity index (χ0) is 16.1. The van der Waals surface area contributed by atoms with Crippen molar-refractivity contribution in [3.8, 4) is 5.75 Å². The molecule has 1 atom stereocenters. The van der Waals surface area contributed by atoms with Crippen molar-refractivity contribution in [2.45, 2.75) is 19.5 Å². The molecular formula is C15H17N3O4. The Balaban J connectivity index is 2.00. The van der Waals surface area contributed by atoms with Gasteiger partial charge in [0.25, 0.3) is 5.91 Å². The molecule has 0 fully saturated rings. The molecule has 1 unspecified atom stereocenters. The fraction of sp³-hybridized carbons (Fsp3) is 0.267. The Labute approximate surface area is 127 Å². The molecule has 0 saturated carbocycles. The van der Waals surface area contributed by atoms with E-state index in [-0.39, 0.29) is 18.5 Å². The van der Waals surface area contributed by atoms with Gasteiger partial charge in [0.05, 0.1) is 24.9 Å². The molecule has 1 aromatic carbocycles. The van der Waals surface area contributed by atoms with Crippen LogP contribution < -0.4 is 10.1 Å². The van der Waals surface area contributed by atoms with E-state index in [1.807, 2.05) is 31.2 Å². The monoisotopic (exact) mass is 303 g/mol. The maximum Gasteiger partial charge on any atom is 0.325 e.